The summed E-state index contributed by atoms with van der Waals surface area (Å²) < 4.78 is 8.03. The number of methoxy groups -OCH3 is 1. The molecule has 0 unspecified atom stereocenters. The maximum atomic E-state index is 5.22. The van der Waals surface area contributed by atoms with Crippen molar-refractivity contribution in [2.24, 2.45) is 7.05 Å². The van der Waals surface area contributed by atoms with Crippen LogP contribution in [0.15, 0.2) is 28.9 Å². The maximum absolute atomic E-state index is 5.22. The molecule has 0 aliphatic rings. The molecule has 19 heavy (non-hydrogen) atoms. The van der Waals surface area contributed by atoms with Gasteiger partial charge in [0.25, 0.3) is 0 Å². The van der Waals surface area contributed by atoms with Gasteiger partial charge in [-0.1, -0.05) is 13.0 Å². The van der Waals surface area contributed by atoms with E-state index in [0.29, 0.717) is 0 Å². The smallest absolute Gasteiger partial charge is 0.133 e. The molecule has 2 aromatic rings. The Bertz CT molecular complexity index is 566. The maximum Gasteiger partial charge on any atom is 0.133 e. The third-order valence-corrected chi connectivity index (χ3v) is 3.56. The van der Waals surface area contributed by atoms with Crippen LogP contribution in [0.1, 0.15) is 18.2 Å². The average molecular weight is 324 g/mol. The summed E-state index contributed by atoms with van der Waals surface area (Å²) in [6, 6.07) is 6.08. The second kappa shape index (κ2) is 6.10. The van der Waals surface area contributed by atoms with Crippen LogP contribution < -0.4 is 10.1 Å². The van der Waals surface area contributed by atoms with Crippen LogP contribution in [0.4, 0.5) is 5.69 Å². The highest BCUT2D eigenvalue weighted by molar-refractivity contribution is 9.10. The Labute approximate surface area is 121 Å². The molecule has 2 rings (SSSR count). The number of nitrogens with zero attached hydrogens (tertiary/aromatic N) is 2. The van der Waals surface area contributed by atoms with E-state index in [9.17, 15) is 0 Å². The van der Waals surface area contributed by atoms with E-state index in [1.54, 1.807) is 7.11 Å². The first kappa shape index (κ1) is 13.9. The fourth-order valence-electron chi connectivity index (χ4n) is 1.96. The molecule has 0 bridgehead atoms. The highest BCUT2D eigenvalue weighted by Crippen LogP contribution is 2.26. The number of hydrogen-bond acceptors (Lipinski definition) is 3. The van der Waals surface area contributed by atoms with Gasteiger partial charge in [-0.3, -0.25) is 4.68 Å². The lowest BCUT2D eigenvalue weighted by molar-refractivity contribution is 0.412. The third-order valence-electron chi connectivity index (χ3n) is 2.94. The number of rotatable bonds is 5. The first-order chi connectivity index (χ1) is 9.13. The van der Waals surface area contributed by atoms with Gasteiger partial charge < -0.3 is 10.1 Å². The lowest BCUT2D eigenvalue weighted by Gasteiger charge is -2.08. The number of hydrogen-bond donors (Lipinski definition) is 1. The van der Waals surface area contributed by atoms with E-state index in [-0.39, 0.29) is 0 Å². The van der Waals surface area contributed by atoms with Gasteiger partial charge in [0.05, 0.1) is 23.0 Å². The van der Waals surface area contributed by atoms with Crippen LogP contribution >= 0.6 is 15.9 Å². The standard InChI is InChI=1S/C14H18BrN3O/c1-4-12-13(9-18(2)17-12)16-8-10-5-6-14(19-3)11(15)7-10/h5-7,9,16H,4,8H2,1-3H3. The molecule has 1 heterocycles. The SMILES string of the molecule is CCc1nn(C)cc1NCc1ccc(OC)c(Br)c1. The van der Waals surface area contributed by atoms with Gasteiger partial charge in [-0.05, 0) is 40.0 Å². The number of halogens is 1. The summed E-state index contributed by atoms with van der Waals surface area (Å²) >= 11 is 3.50. The summed E-state index contributed by atoms with van der Waals surface area (Å²) in [5.74, 6) is 0.847. The van der Waals surface area contributed by atoms with Crippen molar-refractivity contribution in [3.8, 4) is 5.75 Å². The molecule has 0 atom stereocenters. The summed E-state index contributed by atoms with van der Waals surface area (Å²) in [6.07, 6.45) is 2.94. The zero-order valence-corrected chi connectivity index (χ0v) is 13.0. The molecule has 0 spiro atoms. The van der Waals surface area contributed by atoms with Crippen molar-refractivity contribution < 1.29 is 4.74 Å². The van der Waals surface area contributed by atoms with E-state index in [1.165, 1.54) is 5.56 Å². The molecule has 102 valence electrons. The Morgan fingerprint density at radius 3 is 2.84 bits per heavy atom. The Morgan fingerprint density at radius 2 is 2.21 bits per heavy atom. The molecule has 0 saturated carbocycles. The Balaban J connectivity index is 2.07. The van der Waals surface area contributed by atoms with Crippen LogP contribution in [-0.4, -0.2) is 16.9 Å². The highest BCUT2D eigenvalue weighted by Gasteiger charge is 2.06. The van der Waals surface area contributed by atoms with Crippen molar-refractivity contribution in [2.45, 2.75) is 19.9 Å². The molecule has 0 saturated heterocycles. The molecule has 1 aromatic heterocycles. The van der Waals surface area contributed by atoms with Crippen molar-refractivity contribution >= 4 is 21.6 Å². The van der Waals surface area contributed by atoms with Gasteiger partial charge in [-0.15, -0.1) is 0 Å². The molecule has 0 aliphatic carbocycles. The molecule has 0 fully saturated rings. The fourth-order valence-corrected chi connectivity index (χ4v) is 2.55. The van der Waals surface area contributed by atoms with Gasteiger partial charge in [-0.25, -0.2) is 0 Å². The topological polar surface area (TPSA) is 39.1 Å². The van der Waals surface area contributed by atoms with Crippen molar-refractivity contribution in [2.75, 3.05) is 12.4 Å². The van der Waals surface area contributed by atoms with E-state index in [4.69, 9.17) is 4.74 Å². The number of nitrogens with one attached hydrogen (secondary N) is 1. The minimum absolute atomic E-state index is 0.765. The van der Waals surface area contributed by atoms with Crippen LogP contribution in [0.2, 0.25) is 0 Å². The molecule has 0 aliphatic heterocycles. The second-order valence-electron chi connectivity index (χ2n) is 4.34. The van der Waals surface area contributed by atoms with Gasteiger partial charge in [0.2, 0.25) is 0 Å². The minimum atomic E-state index is 0.765. The van der Waals surface area contributed by atoms with Crippen LogP contribution in [-0.2, 0) is 20.0 Å². The Morgan fingerprint density at radius 1 is 1.42 bits per heavy atom. The highest BCUT2D eigenvalue weighted by atomic mass is 79.9. The fraction of sp³-hybridized carbons (Fsp3) is 0.357. The van der Waals surface area contributed by atoms with Crippen molar-refractivity contribution in [3.05, 3.63) is 40.1 Å². The van der Waals surface area contributed by atoms with Gasteiger partial charge in [-0.2, -0.15) is 5.10 Å². The van der Waals surface area contributed by atoms with E-state index in [1.807, 2.05) is 24.0 Å². The number of ether oxygens (including phenoxy) is 1. The predicted molar refractivity (Wildman–Crippen MR) is 80.6 cm³/mol. The van der Waals surface area contributed by atoms with Crippen LogP contribution in [0, 0.1) is 0 Å². The summed E-state index contributed by atoms with van der Waals surface area (Å²) in [4.78, 5) is 0. The largest absolute Gasteiger partial charge is 0.496 e. The van der Waals surface area contributed by atoms with E-state index < -0.39 is 0 Å². The monoisotopic (exact) mass is 323 g/mol. The van der Waals surface area contributed by atoms with E-state index in [0.717, 1.165) is 34.6 Å². The number of benzene rings is 1. The number of aryl methyl sites for hydroxylation is 2. The normalized spacial score (nSPS) is 10.5. The molecule has 4 nitrogen and oxygen atoms in total. The molecular weight excluding hydrogens is 306 g/mol. The van der Waals surface area contributed by atoms with E-state index in [2.05, 4.69) is 45.4 Å². The summed E-state index contributed by atoms with van der Waals surface area (Å²) in [7, 11) is 3.61. The number of anilines is 1. The summed E-state index contributed by atoms with van der Waals surface area (Å²) in [5, 5.41) is 7.83. The molecule has 0 amide bonds. The minimum Gasteiger partial charge on any atom is -0.496 e. The Hall–Kier alpha value is -1.49. The lowest BCUT2D eigenvalue weighted by Crippen LogP contribution is -2.01. The second-order valence-corrected chi connectivity index (χ2v) is 5.19. The van der Waals surface area contributed by atoms with Crippen LogP contribution in [0.25, 0.3) is 0 Å². The van der Waals surface area contributed by atoms with Gasteiger partial charge in [0.15, 0.2) is 0 Å². The average Bonchev–Trinajstić information content (AvgIpc) is 2.77. The Kier molecular flexibility index (Phi) is 4.47. The summed E-state index contributed by atoms with van der Waals surface area (Å²) in [5.41, 5.74) is 3.38. The van der Waals surface area contributed by atoms with Gasteiger partial charge in [0, 0.05) is 19.8 Å². The van der Waals surface area contributed by atoms with E-state index >= 15 is 0 Å². The number of aromatic nitrogens is 2. The van der Waals surface area contributed by atoms with Crippen molar-refractivity contribution in [1.29, 1.82) is 0 Å². The zero-order chi connectivity index (χ0) is 13.8. The molecule has 5 heteroatoms. The quantitative estimate of drug-likeness (QED) is 0.917. The zero-order valence-electron chi connectivity index (χ0n) is 11.4. The van der Waals surface area contributed by atoms with Crippen LogP contribution in [0.5, 0.6) is 5.75 Å². The third kappa shape index (κ3) is 3.29. The molecule has 1 N–H and O–H groups in total. The van der Waals surface area contributed by atoms with Gasteiger partial charge in [0.1, 0.15) is 5.75 Å². The van der Waals surface area contributed by atoms with Gasteiger partial charge >= 0.3 is 0 Å². The van der Waals surface area contributed by atoms with Crippen molar-refractivity contribution in [3.63, 3.8) is 0 Å². The van der Waals surface area contributed by atoms with Crippen molar-refractivity contribution in [1.82, 2.24) is 9.78 Å². The molecule has 1 aromatic carbocycles. The first-order valence-electron chi connectivity index (χ1n) is 6.22. The lowest BCUT2D eigenvalue weighted by atomic mass is 10.2. The summed E-state index contributed by atoms with van der Waals surface area (Å²) in [6.45, 7) is 2.87. The molecular formula is C14H18BrN3O. The molecule has 0 radical (unpaired) electrons. The predicted octanol–water partition coefficient (Wildman–Crippen LogP) is 3.37. The van der Waals surface area contributed by atoms with Crippen LogP contribution in [0.3, 0.4) is 0 Å². The first-order valence-corrected chi connectivity index (χ1v) is 7.02.